The molecule has 1 amide bonds. The van der Waals surface area contributed by atoms with E-state index in [0.29, 0.717) is 18.3 Å². The summed E-state index contributed by atoms with van der Waals surface area (Å²) in [5, 5.41) is 31.2. The number of rotatable bonds is 6. The molecule has 152 valence electrons. The molecule has 4 aromatic rings. The van der Waals surface area contributed by atoms with Gasteiger partial charge in [0.1, 0.15) is 6.54 Å². The van der Waals surface area contributed by atoms with Gasteiger partial charge in [0.2, 0.25) is 11.7 Å². The minimum Gasteiger partial charge on any atom is -0.493 e. The number of azo groups is 1. The van der Waals surface area contributed by atoms with E-state index in [1.54, 1.807) is 4.57 Å². The molecule has 0 saturated heterocycles. The molecule has 0 saturated carbocycles. The monoisotopic (exact) mass is 403 g/mol. The maximum absolute atomic E-state index is 12.3. The third-order valence-electron chi connectivity index (χ3n) is 4.49. The van der Waals surface area contributed by atoms with E-state index in [2.05, 4.69) is 39.5 Å². The van der Waals surface area contributed by atoms with Crippen LogP contribution in [0.3, 0.4) is 0 Å². The van der Waals surface area contributed by atoms with Crippen LogP contribution in [0.4, 0.5) is 5.69 Å². The molecule has 1 N–H and O–H groups in total. The summed E-state index contributed by atoms with van der Waals surface area (Å²) in [5.74, 6) is 0.198. The fraction of sp³-hybridized carbons (Fsp3) is 0.238. The van der Waals surface area contributed by atoms with E-state index in [-0.39, 0.29) is 18.1 Å². The smallest absolute Gasteiger partial charge is 0.287 e. The van der Waals surface area contributed by atoms with Gasteiger partial charge in [0.25, 0.3) is 5.91 Å². The normalized spacial score (nSPS) is 11.7. The number of benzene rings is 2. The Kier molecular flexibility index (Phi) is 5.34. The van der Waals surface area contributed by atoms with Crippen molar-refractivity contribution in [3.8, 4) is 17.3 Å². The summed E-state index contributed by atoms with van der Waals surface area (Å²) < 4.78 is 1.78. The third-order valence-corrected chi connectivity index (χ3v) is 4.49. The number of tetrazole rings is 1. The number of hydrogen-bond acceptors (Lipinski definition) is 6. The van der Waals surface area contributed by atoms with Crippen LogP contribution in [-0.4, -0.2) is 35.8 Å². The first-order valence-electron chi connectivity index (χ1n) is 9.61. The maximum atomic E-state index is 12.3. The first kappa shape index (κ1) is 19.4. The van der Waals surface area contributed by atoms with E-state index >= 15 is 0 Å². The average Bonchev–Trinajstić information content (AvgIpc) is 3.30. The highest BCUT2D eigenvalue weighted by Gasteiger charge is 2.17. The molecule has 0 aliphatic carbocycles. The number of carbonyl (C=O) groups is 1. The lowest BCUT2D eigenvalue weighted by atomic mass is 10.2. The van der Waals surface area contributed by atoms with Crippen LogP contribution in [0.5, 0.6) is 5.88 Å². The molecule has 0 atom stereocenters. The Labute approximate surface area is 172 Å². The first-order chi connectivity index (χ1) is 14.5. The zero-order valence-electron chi connectivity index (χ0n) is 16.7. The second kappa shape index (κ2) is 8.24. The molecule has 4 rings (SSSR count). The molecular formula is C21H21N7O2. The van der Waals surface area contributed by atoms with Crippen molar-refractivity contribution in [2.24, 2.45) is 16.1 Å². The number of hydrogen-bond donors (Lipinski definition) is 1. The van der Waals surface area contributed by atoms with Crippen molar-refractivity contribution in [1.82, 2.24) is 24.8 Å². The molecule has 0 fully saturated rings. The van der Waals surface area contributed by atoms with Gasteiger partial charge in [-0.15, -0.1) is 20.4 Å². The van der Waals surface area contributed by atoms with Crippen molar-refractivity contribution in [2.45, 2.75) is 26.9 Å². The summed E-state index contributed by atoms with van der Waals surface area (Å²) in [6.45, 7) is 4.55. The molecule has 2 aromatic carbocycles. The highest BCUT2D eigenvalue weighted by Crippen LogP contribution is 2.39. The van der Waals surface area contributed by atoms with E-state index in [9.17, 15) is 9.90 Å². The molecule has 0 radical (unpaired) electrons. The minimum absolute atomic E-state index is 0.00769. The topological polar surface area (TPSA) is 111 Å². The van der Waals surface area contributed by atoms with Gasteiger partial charge in [0, 0.05) is 17.5 Å². The molecule has 0 aliphatic heterocycles. The molecule has 0 aliphatic rings. The molecule has 30 heavy (non-hydrogen) atoms. The van der Waals surface area contributed by atoms with Crippen LogP contribution < -0.4 is 0 Å². The van der Waals surface area contributed by atoms with Gasteiger partial charge in [0.15, 0.2) is 5.69 Å². The maximum Gasteiger partial charge on any atom is 0.287 e. The number of carbonyl (C=O) groups excluding carboxylic acids is 1. The second-order valence-corrected chi connectivity index (χ2v) is 7.30. The van der Waals surface area contributed by atoms with E-state index in [4.69, 9.17) is 0 Å². The molecule has 9 nitrogen and oxygen atoms in total. The Morgan fingerprint density at radius 3 is 2.60 bits per heavy atom. The van der Waals surface area contributed by atoms with Crippen LogP contribution in [0, 0.1) is 5.92 Å². The Morgan fingerprint density at radius 1 is 1.10 bits per heavy atom. The molecular weight excluding hydrogens is 382 g/mol. The van der Waals surface area contributed by atoms with E-state index in [1.165, 1.54) is 4.80 Å². The zero-order chi connectivity index (χ0) is 21.1. The third kappa shape index (κ3) is 3.95. The molecule has 0 spiro atoms. The second-order valence-electron chi connectivity index (χ2n) is 7.30. The lowest BCUT2D eigenvalue weighted by molar-refractivity contribution is -0.119. The van der Waals surface area contributed by atoms with Crippen LogP contribution >= 0.6 is 0 Å². The van der Waals surface area contributed by atoms with Gasteiger partial charge in [-0.2, -0.15) is 4.80 Å². The number of aromatic nitrogens is 5. The predicted molar refractivity (Wildman–Crippen MR) is 111 cm³/mol. The molecule has 9 heteroatoms. The lowest BCUT2D eigenvalue weighted by Gasteiger charge is -2.09. The molecule has 2 heterocycles. The highest BCUT2D eigenvalue weighted by molar-refractivity contribution is 5.95. The van der Waals surface area contributed by atoms with Gasteiger partial charge in [-0.25, -0.2) is 0 Å². The van der Waals surface area contributed by atoms with Crippen LogP contribution in [0.15, 0.2) is 64.8 Å². The number of nitrogens with zero attached hydrogens (tertiary/aromatic N) is 7. The van der Waals surface area contributed by atoms with Gasteiger partial charge < -0.3 is 9.67 Å². The summed E-state index contributed by atoms with van der Waals surface area (Å²) in [7, 11) is 0. The van der Waals surface area contributed by atoms with Crippen LogP contribution in [0.1, 0.15) is 13.8 Å². The molecule has 2 aromatic heterocycles. The summed E-state index contributed by atoms with van der Waals surface area (Å²) in [5.41, 5.74) is 1.92. The van der Waals surface area contributed by atoms with Gasteiger partial charge in [-0.05, 0) is 17.2 Å². The standard InChI is InChI=1S/C21H21N7O2/c1-14(2)12-27-17-11-7-6-10-16(17)19(21(27)30)23-22-18(29)13-28-25-20(24-26-28)15-8-4-3-5-9-15/h3-11,14,30H,12-13H2,1-2H3. The summed E-state index contributed by atoms with van der Waals surface area (Å²) in [6.07, 6.45) is 0. The first-order valence-corrected chi connectivity index (χ1v) is 9.61. The van der Waals surface area contributed by atoms with E-state index in [0.717, 1.165) is 16.5 Å². The van der Waals surface area contributed by atoms with Gasteiger partial charge >= 0.3 is 0 Å². The summed E-state index contributed by atoms with van der Waals surface area (Å²) >= 11 is 0. The largest absolute Gasteiger partial charge is 0.493 e. The van der Waals surface area contributed by atoms with Crippen molar-refractivity contribution in [3.05, 3.63) is 54.6 Å². The summed E-state index contributed by atoms with van der Waals surface area (Å²) in [4.78, 5) is 13.5. The fourth-order valence-electron chi connectivity index (χ4n) is 3.19. The Hall–Kier alpha value is -3.88. The van der Waals surface area contributed by atoms with Crippen LogP contribution in [0.25, 0.3) is 22.3 Å². The van der Waals surface area contributed by atoms with Crippen LogP contribution in [-0.2, 0) is 17.9 Å². The number of fused-ring (bicyclic) bond motifs is 1. The van der Waals surface area contributed by atoms with Gasteiger partial charge in [-0.3, -0.25) is 4.79 Å². The van der Waals surface area contributed by atoms with Crippen LogP contribution in [0.2, 0.25) is 0 Å². The fourth-order valence-corrected chi connectivity index (χ4v) is 3.19. The SMILES string of the molecule is CC(C)Cn1c(O)c(N=NC(=O)Cn2nnc(-c3ccccc3)n2)c2ccccc21. The number of aromatic hydroxyl groups is 1. The minimum atomic E-state index is -0.549. The van der Waals surface area contributed by atoms with Crippen molar-refractivity contribution in [3.63, 3.8) is 0 Å². The molecule has 0 bridgehead atoms. The van der Waals surface area contributed by atoms with Crippen molar-refractivity contribution in [1.29, 1.82) is 0 Å². The molecule has 0 unspecified atom stereocenters. The van der Waals surface area contributed by atoms with Gasteiger partial charge in [0.05, 0.1) is 5.52 Å². The van der Waals surface area contributed by atoms with Crippen molar-refractivity contribution >= 4 is 22.5 Å². The summed E-state index contributed by atoms with van der Waals surface area (Å²) in [6, 6.07) is 16.9. The Balaban J connectivity index is 1.54. The zero-order valence-corrected chi connectivity index (χ0v) is 16.7. The van der Waals surface area contributed by atoms with E-state index in [1.807, 2.05) is 54.6 Å². The number of para-hydroxylation sites is 1. The quantitative estimate of drug-likeness (QED) is 0.490. The van der Waals surface area contributed by atoms with Crippen molar-refractivity contribution in [2.75, 3.05) is 0 Å². The Bertz CT molecular complexity index is 1210. The average molecular weight is 403 g/mol. The Morgan fingerprint density at radius 2 is 1.83 bits per heavy atom. The highest BCUT2D eigenvalue weighted by atomic mass is 16.3. The van der Waals surface area contributed by atoms with E-state index < -0.39 is 5.91 Å². The van der Waals surface area contributed by atoms with Gasteiger partial charge in [-0.1, -0.05) is 62.4 Å². The predicted octanol–water partition coefficient (Wildman–Crippen LogP) is 3.97. The van der Waals surface area contributed by atoms with Crippen molar-refractivity contribution < 1.29 is 9.90 Å². The number of amides is 1. The lowest BCUT2D eigenvalue weighted by Crippen LogP contribution is -2.10.